The lowest BCUT2D eigenvalue weighted by Crippen LogP contribution is -2.49. The Morgan fingerprint density at radius 3 is 2.63 bits per heavy atom. The Hall–Kier alpha value is -1.85. The van der Waals surface area contributed by atoms with Crippen molar-refractivity contribution in [1.82, 2.24) is 10.2 Å². The average molecular weight is 273 g/mol. The van der Waals surface area contributed by atoms with Crippen molar-refractivity contribution >= 4 is 12.0 Å². The molecular weight excluding hydrogens is 254 g/mol. The Balaban J connectivity index is 4.50. The molecule has 0 aromatic rings. The summed E-state index contributed by atoms with van der Waals surface area (Å²) in [6.07, 6.45) is 0.0757. The van der Waals surface area contributed by atoms with E-state index in [9.17, 15) is 9.59 Å². The molecule has 0 rings (SSSR count). The zero-order valence-electron chi connectivity index (χ0n) is 10.8. The van der Waals surface area contributed by atoms with Crippen molar-refractivity contribution in [1.29, 1.82) is 5.26 Å². The maximum Gasteiger partial charge on any atom is 0.326 e. The van der Waals surface area contributed by atoms with Crippen LogP contribution in [0.2, 0.25) is 0 Å². The van der Waals surface area contributed by atoms with Gasteiger partial charge in [0.15, 0.2) is 0 Å². The van der Waals surface area contributed by atoms with E-state index < -0.39 is 18.0 Å². The fourth-order valence-corrected chi connectivity index (χ4v) is 1.33. The van der Waals surface area contributed by atoms with E-state index in [4.69, 9.17) is 20.2 Å². The Bertz CT molecular complexity index is 329. The zero-order valence-corrected chi connectivity index (χ0v) is 10.8. The van der Waals surface area contributed by atoms with Crippen LogP contribution in [0.25, 0.3) is 0 Å². The van der Waals surface area contributed by atoms with Crippen LogP contribution in [0.4, 0.5) is 4.79 Å². The van der Waals surface area contributed by atoms with Crippen LogP contribution in [-0.2, 0) is 9.53 Å². The number of amides is 2. The van der Waals surface area contributed by atoms with Crippen LogP contribution in [0.5, 0.6) is 0 Å². The third-order valence-electron chi connectivity index (χ3n) is 2.36. The normalized spacial score (nSPS) is 11.4. The van der Waals surface area contributed by atoms with E-state index in [2.05, 4.69) is 5.32 Å². The number of ether oxygens (including phenoxy) is 1. The summed E-state index contributed by atoms with van der Waals surface area (Å²) in [6.45, 7) is 0.400. The van der Waals surface area contributed by atoms with Gasteiger partial charge in [0.2, 0.25) is 0 Å². The van der Waals surface area contributed by atoms with Gasteiger partial charge >= 0.3 is 12.0 Å². The van der Waals surface area contributed by atoms with E-state index >= 15 is 0 Å². The van der Waals surface area contributed by atoms with Gasteiger partial charge < -0.3 is 25.2 Å². The van der Waals surface area contributed by atoms with Gasteiger partial charge in [0.1, 0.15) is 6.04 Å². The summed E-state index contributed by atoms with van der Waals surface area (Å²) in [5.41, 5.74) is 0. The summed E-state index contributed by atoms with van der Waals surface area (Å²) in [5, 5.41) is 28.4. The molecule has 0 saturated heterocycles. The number of aliphatic hydroxyl groups excluding tert-OH is 1. The number of nitrogens with zero attached hydrogens (tertiary/aromatic N) is 2. The molecule has 0 aliphatic carbocycles. The van der Waals surface area contributed by atoms with Gasteiger partial charge in [0.25, 0.3) is 0 Å². The van der Waals surface area contributed by atoms with Gasteiger partial charge in [-0.2, -0.15) is 5.26 Å². The monoisotopic (exact) mass is 273 g/mol. The van der Waals surface area contributed by atoms with Crippen molar-refractivity contribution in [3.05, 3.63) is 0 Å². The lowest BCUT2D eigenvalue weighted by molar-refractivity contribution is -0.139. The molecular formula is C11H19N3O5. The first kappa shape index (κ1) is 17.2. The summed E-state index contributed by atoms with van der Waals surface area (Å²) in [7, 11) is 1.48. The largest absolute Gasteiger partial charge is 0.480 e. The number of hydrogen-bond donors (Lipinski definition) is 3. The van der Waals surface area contributed by atoms with E-state index in [0.29, 0.717) is 0 Å². The summed E-state index contributed by atoms with van der Waals surface area (Å²) in [5.74, 6) is -1.21. The molecule has 0 spiro atoms. The van der Waals surface area contributed by atoms with E-state index in [0.717, 1.165) is 0 Å². The number of nitriles is 1. The maximum atomic E-state index is 11.8. The number of nitrogens with one attached hydrogen (secondary N) is 1. The molecule has 2 amide bonds. The predicted molar refractivity (Wildman–Crippen MR) is 65.3 cm³/mol. The number of aliphatic carboxylic acids is 1. The second-order valence-corrected chi connectivity index (χ2v) is 3.74. The van der Waals surface area contributed by atoms with Crippen LogP contribution in [0, 0.1) is 11.3 Å². The molecule has 1 atom stereocenters. The molecule has 0 unspecified atom stereocenters. The number of carboxylic acid groups (broad SMARTS) is 1. The van der Waals surface area contributed by atoms with Crippen molar-refractivity contribution in [3.63, 3.8) is 0 Å². The number of aliphatic hydroxyl groups is 1. The molecule has 0 heterocycles. The molecule has 0 aliphatic heterocycles. The fourth-order valence-electron chi connectivity index (χ4n) is 1.33. The number of carbonyl (C=O) groups excluding carboxylic acids is 1. The minimum Gasteiger partial charge on any atom is -0.480 e. The Kier molecular flexibility index (Phi) is 9.12. The highest BCUT2D eigenvalue weighted by atomic mass is 16.5. The minimum absolute atomic E-state index is 0.0720. The second kappa shape index (κ2) is 10.1. The smallest absolute Gasteiger partial charge is 0.326 e. The second-order valence-electron chi connectivity index (χ2n) is 3.74. The number of hydrogen-bond acceptors (Lipinski definition) is 5. The zero-order chi connectivity index (χ0) is 14.7. The van der Waals surface area contributed by atoms with Crippen molar-refractivity contribution in [2.24, 2.45) is 0 Å². The number of urea groups is 1. The highest BCUT2D eigenvalue weighted by Gasteiger charge is 2.22. The quantitative estimate of drug-likeness (QED) is 0.515. The van der Waals surface area contributed by atoms with Crippen LogP contribution in [0.15, 0.2) is 0 Å². The van der Waals surface area contributed by atoms with Gasteiger partial charge in [0.05, 0.1) is 19.1 Å². The molecule has 8 heteroatoms. The first-order valence-corrected chi connectivity index (χ1v) is 5.81. The standard InChI is InChI=1S/C11H19N3O5/c1-19-8-6-14(5-2-4-12)11(18)13-9(3-7-15)10(16)17/h9,15H,2-3,5-8H2,1H3,(H,13,18)(H,16,17)/t9-/m1/s1. The first-order valence-electron chi connectivity index (χ1n) is 5.81. The van der Waals surface area contributed by atoms with E-state index in [-0.39, 0.29) is 39.1 Å². The van der Waals surface area contributed by atoms with E-state index in [1.165, 1.54) is 12.0 Å². The van der Waals surface area contributed by atoms with Gasteiger partial charge in [-0.25, -0.2) is 9.59 Å². The van der Waals surface area contributed by atoms with Gasteiger partial charge in [-0.3, -0.25) is 0 Å². The highest BCUT2D eigenvalue weighted by Crippen LogP contribution is 1.97. The molecule has 0 aromatic heterocycles. The van der Waals surface area contributed by atoms with Crippen molar-refractivity contribution in [3.8, 4) is 6.07 Å². The number of carboxylic acids is 1. The molecule has 0 bridgehead atoms. The Morgan fingerprint density at radius 2 is 2.16 bits per heavy atom. The minimum atomic E-state index is -1.21. The van der Waals surface area contributed by atoms with E-state index in [1.807, 2.05) is 6.07 Å². The van der Waals surface area contributed by atoms with Crippen molar-refractivity contribution in [2.75, 3.05) is 33.4 Å². The lowest BCUT2D eigenvalue weighted by atomic mass is 10.2. The summed E-state index contributed by atoms with van der Waals surface area (Å²) in [4.78, 5) is 24.0. The molecule has 19 heavy (non-hydrogen) atoms. The number of rotatable bonds is 9. The van der Waals surface area contributed by atoms with Crippen LogP contribution in [0.1, 0.15) is 12.8 Å². The number of methoxy groups -OCH3 is 1. The van der Waals surface area contributed by atoms with Crippen LogP contribution < -0.4 is 5.32 Å². The molecule has 0 aliphatic rings. The maximum absolute atomic E-state index is 11.8. The third-order valence-corrected chi connectivity index (χ3v) is 2.36. The van der Waals surface area contributed by atoms with Crippen LogP contribution >= 0.6 is 0 Å². The summed E-state index contributed by atoms with van der Waals surface area (Å²) < 4.78 is 4.84. The molecule has 0 saturated carbocycles. The van der Waals surface area contributed by atoms with Gasteiger partial charge in [0, 0.05) is 33.2 Å². The molecule has 0 radical (unpaired) electrons. The molecule has 0 fully saturated rings. The molecule has 3 N–H and O–H groups in total. The summed E-state index contributed by atoms with van der Waals surface area (Å²) in [6, 6.07) is 0.174. The Labute approximate surface area is 111 Å². The Morgan fingerprint density at radius 1 is 1.47 bits per heavy atom. The van der Waals surface area contributed by atoms with Crippen LogP contribution in [0.3, 0.4) is 0 Å². The topological polar surface area (TPSA) is 123 Å². The molecule has 108 valence electrons. The van der Waals surface area contributed by atoms with Gasteiger partial charge in [-0.1, -0.05) is 0 Å². The highest BCUT2D eigenvalue weighted by molar-refractivity contribution is 5.82. The third kappa shape index (κ3) is 7.23. The fraction of sp³-hybridized carbons (Fsp3) is 0.727. The van der Waals surface area contributed by atoms with Gasteiger partial charge in [-0.15, -0.1) is 0 Å². The van der Waals surface area contributed by atoms with Crippen LogP contribution in [-0.4, -0.2) is 66.6 Å². The van der Waals surface area contributed by atoms with Gasteiger partial charge in [-0.05, 0) is 0 Å². The number of carbonyl (C=O) groups is 2. The lowest BCUT2D eigenvalue weighted by Gasteiger charge is -2.24. The first-order chi connectivity index (χ1) is 9.06. The summed E-state index contributed by atoms with van der Waals surface area (Å²) >= 11 is 0. The van der Waals surface area contributed by atoms with E-state index in [1.54, 1.807) is 0 Å². The predicted octanol–water partition coefficient (Wildman–Crippen LogP) is -0.606. The van der Waals surface area contributed by atoms with Crippen molar-refractivity contribution < 1.29 is 24.5 Å². The van der Waals surface area contributed by atoms with Crippen molar-refractivity contribution in [2.45, 2.75) is 18.9 Å². The SMILES string of the molecule is COCCN(CCC#N)C(=O)N[C@H](CCO)C(=O)O. The molecule has 0 aromatic carbocycles. The molecule has 8 nitrogen and oxygen atoms in total. The average Bonchev–Trinajstić information content (AvgIpc) is 2.38.